The minimum Gasteiger partial charge on any atom is -0.333 e. The van der Waals surface area contributed by atoms with Crippen LogP contribution in [0, 0.1) is 0 Å². The molecule has 2 saturated heterocycles. The molecule has 0 aromatic carbocycles. The maximum atomic E-state index is 11.8. The van der Waals surface area contributed by atoms with Gasteiger partial charge in [-0.3, -0.25) is 9.69 Å². The second kappa shape index (κ2) is 4.15. The van der Waals surface area contributed by atoms with Crippen molar-refractivity contribution in [1.82, 2.24) is 20.4 Å². The van der Waals surface area contributed by atoms with Gasteiger partial charge >= 0.3 is 12.1 Å². The van der Waals surface area contributed by atoms with E-state index >= 15 is 0 Å². The Morgan fingerprint density at radius 3 is 2.39 bits per heavy atom. The average molecular weight is 254 g/mol. The first-order valence-electron chi connectivity index (χ1n) is 5.95. The van der Waals surface area contributed by atoms with E-state index < -0.39 is 0 Å². The van der Waals surface area contributed by atoms with Crippen molar-refractivity contribution in [1.29, 1.82) is 0 Å². The number of carbonyl (C=O) groups excluding carboxylic acids is 3. The summed E-state index contributed by atoms with van der Waals surface area (Å²) in [4.78, 5) is 37.4. The van der Waals surface area contributed by atoms with E-state index in [9.17, 15) is 14.4 Å². The van der Waals surface area contributed by atoms with Crippen molar-refractivity contribution in [2.75, 3.05) is 19.6 Å². The van der Waals surface area contributed by atoms with Gasteiger partial charge in [0.15, 0.2) is 0 Å². The Kier molecular flexibility index (Phi) is 2.92. The summed E-state index contributed by atoms with van der Waals surface area (Å²) < 4.78 is 0. The first kappa shape index (κ1) is 12.7. The molecule has 18 heavy (non-hydrogen) atoms. The first-order chi connectivity index (χ1) is 8.28. The summed E-state index contributed by atoms with van der Waals surface area (Å²) in [6, 6.07) is -0.711. The Balaban J connectivity index is 1.85. The van der Waals surface area contributed by atoms with Gasteiger partial charge < -0.3 is 15.5 Å². The van der Waals surface area contributed by atoms with Gasteiger partial charge in [0.25, 0.3) is 0 Å². The Morgan fingerprint density at radius 2 is 1.94 bits per heavy atom. The lowest BCUT2D eigenvalue weighted by atomic mass is 10.1. The van der Waals surface area contributed by atoms with Crippen molar-refractivity contribution in [2.45, 2.75) is 32.4 Å². The highest BCUT2D eigenvalue weighted by Gasteiger charge is 2.43. The Morgan fingerprint density at radius 1 is 1.33 bits per heavy atom. The highest BCUT2D eigenvalue weighted by Crippen LogP contribution is 2.18. The second-order valence-electron chi connectivity index (χ2n) is 5.66. The number of amides is 5. The number of hydrogen-bond donors (Lipinski definition) is 2. The standard InChI is InChI=1S/C11H18N4O3/c1-11(2,3)13-10(18)14-5-7(6-14)15-8(16)4-12-9(15)17/h7H,4-6H2,1-3H3,(H,12,17)(H,13,18). The van der Waals surface area contributed by atoms with E-state index in [0.29, 0.717) is 13.1 Å². The summed E-state index contributed by atoms with van der Waals surface area (Å²) in [6.07, 6.45) is 0. The van der Waals surface area contributed by atoms with Crippen LogP contribution in [-0.2, 0) is 4.79 Å². The highest BCUT2D eigenvalue weighted by atomic mass is 16.2. The molecule has 2 heterocycles. The summed E-state index contributed by atoms with van der Waals surface area (Å²) in [6.45, 7) is 6.57. The number of likely N-dealkylation sites (tertiary alicyclic amines) is 1. The van der Waals surface area contributed by atoms with Crippen LogP contribution in [0.4, 0.5) is 9.59 Å². The van der Waals surface area contributed by atoms with Crippen LogP contribution < -0.4 is 10.6 Å². The number of nitrogens with one attached hydrogen (secondary N) is 2. The number of nitrogens with zero attached hydrogens (tertiary/aromatic N) is 2. The molecule has 2 fully saturated rings. The SMILES string of the molecule is CC(C)(C)NC(=O)N1CC(N2C(=O)CNC2=O)C1. The van der Waals surface area contributed by atoms with Gasteiger partial charge in [-0.2, -0.15) is 0 Å². The van der Waals surface area contributed by atoms with Crippen LogP contribution in [0.3, 0.4) is 0 Å². The minimum atomic E-state index is -0.360. The largest absolute Gasteiger partial charge is 0.333 e. The van der Waals surface area contributed by atoms with Crippen LogP contribution in [0.2, 0.25) is 0 Å². The van der Waals surface area contributed by atoms with Gasteiger partial charge in [-0.05, 0) is 20.8 Å². The molecule has 0 saturated carbocycles. The molecule has 7 heteroatoms. The number of hydrogen-bond acceptors (Lipinski definition) is 3. The van der Waals surface area contributed by atoms with Crippen molar-refractivity contribution >= 4 is 18.0 Å². The molecule has 2 N–H and O–H groups in total. The van der Waals surface area contributed by atoms with Crippen LogP contribution in [0.5, 0.6) is 0 Å². The summed E-state index contributed by atoms with van der Waals surface area (Å²) in [5.41, 5.74) is -0.289. The van der Waals surface area contributed by atoms with Crippen LogP contribution in [-0.4, -0.2) is 59.0 Å². The first-order valence-corrected chi connectivity index (χ1v) is 5.95. The maximum absolute atomic E-state index is 11.8. The molecular weight excluding hydrogens is 236 g/mol. The van der Waals surface area contributed by atoms with Gasteiger partial charge in [-0.15, -0.1) is 0 Å². The molecule has 0 aromatic rings. The van der Waals surface area contributed by atoms with Crippen LogP contribution >= 0.6 is 0 Å². The zero-order chi connectivity index (χ0) is 13.5. The predicted molar refractivity (Wildman–Crippen MR) is 63.9 cm³/mol. The molecule has 0 radical (unpaired) electrons. The third-order valence-electron chi connectivity index (χ3n) is 2.87. The van der Waals surface area contributed by atoms with E-state index in [1.807, 2.05) is 20.8 Å². The van der Waals surface area contributed by atoms with Gasteiger partial charge in [0, 0.05) is 18.6 Å². The molecule has 7 nitrogen and oxygen atoms in total. The van der Waals surface area contributed by atoms with Crippen molar-refractivity contribution in [3.8, 4) is 0 Å². The highest BCUT2D eigenvalue weighted by molar-refractivity contribution is 6.02. The lowest BCUT2D eigenvalue weighted by Gasteiger charge is -2.43. The number of rotatable bonds is 1. The van der Waals surface area contributed by atoms with E-state index in [4.69, 9.17) is 0 Å². The van der Waals surface area contributed by atoms with Gasteiger partial charge in [0.1, 0.15) is 0 Å². The molecular formula is C11H18N4O3. The number of carbonyl (C=O) groups is 3. The molecule has 0 spiro atoms. The molecule has 5 amide bonds. The van der Waals surface area contributed by atoms with Crippen molar-refractivity contribution < 1.29 is 14.4 Å². The third-order valence-corrected chi connectivity index (χ3v) is 2.87. The summed E-state index contributed by atoms with van der Waals surface area (Å²) >= 11 is 0. The van der Waals surface area contributed by atoms with Gasteiger partial charge in [0.05, 0.1) is 12.6 Å². The number of urea groups is 2. The quantitative estimate of drug-likeness (QED) is 0.632. The zero-order valence-electron chi connectivity index (χ0n) is 10.8. The lowest BCUT2D eigenvalue weighted by molar-refractivity contribution is -0.128. The van der Waals surface area contributed by atoms with E-state index in [-0.39, 0.29) is 36.1 Å². The fourth-order valence-electron chi connectivity index (χ4n) is 1.99. The summed E-state index contributed by atoms with van der Waals surface area (Å²) in [5, 5.41) is 5.31. The van der Waals surface area contributed by atoms with Crippen molar-refractivity contribution in [3.63, 3.8) is 0 Å². The van der Waals surface area contributed by atoms with Gasteiger partial charge in [-0.25, -0.2) is 9.59 Å². The molecule has 2 aliphatic heterocycles. The van der Waals surface area contributed by atoms with E-state index in [1.54, 1.807) is 4.90 Å². The molecule has 0 unspecified atom stereocenters. The van der Waals surface area contributed by atoms with Crippen LogP contribution in [0.15, 0.2) is 0 Å². The summed E-state index contributed by atoms with van der Waals surface area (Å²) in [5.74, 6) is -0.221. The van der Waals surface area contributed by atoms with Crippen molar-refractivity contribution in [2.24, 2.45) is 0 Å². The lowest BCUT2D eigenvalue weighted by Crippen LogP contribution is -2.65. The smallest absolute Gasteiger partial charge is 0.324 e. The summed E-state index contributed by atoms with van der Waals surface area (Å²) in [7, 11) is 0. The monoisotopic (exact) mass is 254 g/mol. The normalized spacial score (nSPS) is 20.8. The molecule has 0 aliphatic carbocycles. The van der Waals surface area contributed by atoms with Gasteiger partial charge in [-0.1, -0.05) is 0 Å². The third kappa shape index (κ3) is 2.39. The second-order valence-corrected chi connectivity index (χ2v) is 5.66. The Labute approximate surface area is 105 Å². The van der Waals surface area contributed by atoms with Crippen LogP contribution in [0.25, 0.3) is 0 Å². The number of imide groups is 1. The predicted octanol–water partition coefficient (Wildman–Crippen LogP) is -0.269. The fraction of sp³-hybridized carbons (Fsp3) is 0.727. The molecule has 100 valence electrons. The van der Waals surface area contributed by atoms with Crippen LogP contribution in [0.1, 0.15) is 20.8 Å². The molecule has 2 rings (SSSR count). The van der Waals surface area contributed by atoms with E-state index in [1.165, 1.54) is 4.90 Å². The van der Waals surface area contributed by atoms with E-state index in [2.05, 4.69) is 10.6 Å². The fourth-order valence-corrected chi connectivity index (χ4v) is 1.99. The van der Waals surface area contributed by atoms with Crippen molar-refractivity contribution in [3.05, 3.63) is 0 Å². The average Bonchev–Trinajstić information content (AvgIpc) is 2.43. The maximum Gasteiger partial charge on any atom is 0.324 e. The zero-order valence-corrected chi connectivity index (χ0v) is 10.8. The molecule has 2 aliphatic rings. The minimum absolute atomic E-state index is 0.0590. The van der Waals surface area contributed by atoms with E-state index in [0.717, 1.165) is 0 Å². The molecule has 0 atom stereocenters. The Bertz CT molecular complexity index is 380. The molecule has 0 bridgehead atoms. The topological polar surface area (TPSA) is 81.8 Å². The molecule has 0 aromatic heterocycles. The van der Waals surface area contributed by atoms with Gasteiger partial charge in [0.2, 0.25) is 5.91 Å². The Hall–Kier alpha value is -1.79.